The number of pyridine rings is 2. The van der Waals surface area contributed by atoms with Gasteiger partial charge >= 0.3 is 0 Å². The van der Waals surface area contributed by atoms with E-state index in [2.05, 4.69) is 15.3 Å². The maximum absolute atomic E-state index is 12.3. The minimum Gasteiger partial charge on any atom is -0.321 e. The van der Waals surface area contributed by atoms with Gasteiger partial charge in [-0.2, -0.15) is 0 Å². The van der Waals surface area contributed by atoms with E-state index in [1.165, 1.54) is 11.3 Å². The molecule has 3 aromatic heterocycles. The molecule has 1 aromatic carbocycles. The highest BCUT2D eigenvalue weighted by molar-refractivity contribution is 7.18. The Labute approximate surface area is 134 Å². The maximum atomic E-state index is 12.3. The highest BCUT2D eigenvalue weighted by Gasteiger charge is 2.10. The summed E-state index contributed by atoms with van der Waals surface area (Å²) in [6.07, 6.45) is 3.22. The molecule has 0 saturated heterocycles. The van der Waals surface area contributed by atoms with Crippen LogP contribution in [0.2, 0.25) is 0 Å². The van der Waals surface area contributed by atoms with Gasteiger partial charge in [0.25, 0.3) is 11.5 Å². The number of nitrogens with one attached hydrogen (secondary N) is 2. The number of aromatic amines is 1. The second kappa shape index (κ2) is 5.33. The summed E-state index contributed by atoms with van der Waals surface area (Å²) in [5.74, 6) is -0.243. The molecule has 5 nitrogen and oxygen atoms in total. The standard InChI is InChI=1S/C17H11N3O2S/c21-16(19-11-2-1-6-18-9-11)10-3-4-12-14(8-10)20-17(22)13-5-7-23-15(12)13/h1-9H,(H,19,21)(H,20,22). The van der Waals surface area contributed by atoms with Crippen LogP contribution in [0.1, 0.15) is 10.4 Å². The minimum atomic E-state index is -0.243. The van der Waals surface area contributed by atoms with Crippen molar-refractivity contribution in [1.29, 1.82) is 0 Å². The van der Waals surface area contributed by atoms with Crippen molar-refractivity contribution in [3.05, 3.63) is 70.1 Å². The minimum absolute atomic E-state index is 0.140. The number of benzene rings is 1. The Morgan fingerprint density at radius 1 is 1.17 bits per heavy atom. The fourth-order valence-corrected chi connectivity index (χ4v) is 3.45. The number of rotatable bonds is 2. The van der Waals surface area contributed by atoms with Crippen molar-refractivity contribution >= 4 is 43.9 Å². The van der Waals surface area contributed by atoms with Crippen molar-refractivity contribution in [2.75, 3.05) is 5.32 Å². The zero-order chi connectivity index (χ0) is 15.8. The lowest BCUT2D eigenvalue weighted by Crippen LogP contribution is -2.12. The average molecular weight is 321 g/mol. The molecule has 6 heteroatoms. The summed E-state index contributed by atoms with van der Waals surface area (Å²) in [6, 6.07) is 10.6. The summed E-state index contributed by atoms with van der Waals surface area (Å²) >= 11 is 1.52. The van der Waals surface area contributed by atoms with E-state index in [1.807, 2.05) is 11.4 Å². The molecule has 0 radical (unpaired) electrons. The number of thiophene rings is 1. The van der Waals surface area contributed by atoms with Crippen LogP contribution < -0.4 is 10.9 Å². The molecule has 0 saturated carbocycles. The number of hydrogen-bond acceptors (Lipinski definition) is 4. The molecule has 0 atom stereocenters. The van der Waals surface area contributed by atoms with E-state index in [1.54, 1.807) is 42.7 Å². The third kappa shape index (κ3) is 2.39. The van der Waals surface area contributed by atoms with Crippen LogP contribution in [0.15, 0.2) is 59.0 Å². The van der Waals surface area contributed by atoms with Crippen molar-refractivity contribution in [1.82, 2.24) is 9.97 Å². The highest BCUT2D eigenvalue weighted by atomic mass is 32.1. The monoisotopic (exact) mass is 321 g/mol. The quantitative estimate of drug-likeness (QED) is 0.594. The van der Waals surface area contributed by atoms with Gasteiger partial charge in [0.05, 0.1) is 22.8 Å². The second-order valence-electron chi connectivity index (χ2n) is 5.07. The Kier molecular flexibility index (Phi) is 3.17. The van der Waals surface area contributed by atoms with E-state index in [-0.39, 0.29) is 11.5 Å². The van der Waals surface area contributed by atoms with Crippen molar-refractivity contribution < 1.29 is 4.79 Å². The zero-order valence-electron chi connectivity index (χ0n) is 11.9. The lowest BCUT2D eigenvalue weighted by molar-refractivity contribution is 0.102. The molecule has 0 bridgehead atoms. The first-order valence-corrected chi connectivity index (χ1v) is 7.85. The van der Waals surface area contributed by atoms with Crippen LogP contribution in [0.5, 0.6) is 0 Å². The highest BCUT2D eigenvalue weighted by Crippen LogP contribution is 2.26. The second-order valence-corrected chi connectivity index (χ2v) is 5.99. The lowest BCUT2D eigenvalue weighted by atomic mass is 10.1. The van der Waals surface area contributed by atoms with Gasteiger partial charge < -0.3 is 10.3 Å². The number of carbonyl (C=O) groups excluding carboxylic acids is 1. The van der Waals surface area contributed by atoms with Gasteiger partial charge in [0.2, 0.25) is 0 Å². The summed E-state index contributed by atoms with van der Waals surface area (Å²) in [6.45, 7) is 0. The van der Waals surface area contributed by atoms with Gasteiger partial charge in [-0.3, -0.25) is 14.6 Å². The lowest BCUT2D eigenvalue weighted by Gasteiger charge is -2.06. The molecule has 0 aliphatic carbocycles. The summed E-state index contributed by atoms with van der Waals surface area (Å²) in [5, 5.41) is 6.28. The van der Waals surface area contributed by atoms with Crippen LogP contribution in [0.4, 0.5) is 5.69 Å². The van der Waals surface area contributed by atoms with Crippen LogP contribution in [-0.2, 0) is 0 Å². The van der Waals surface area contributed by atoms with Crippen LogP contribution in [0, 0.1) is 0 Å². The normalized spacial score (nSPS) is 11.0. The fraction of sp³-hybridized carbons (Fsp3) is 0. The largest absolute Gasteiger partial charge is 0.321 e. The fourth-order valence-electron chi connectivity index (χ4n) is 2.51. The molecule has 0 aliphatic heterocycles. The molecule has 112 valence electrons. The van der Waals surface area contributed by atoms with Crippen LogP contribution in [0.25, 0.3) is 21.0 Å². The molecule has 0 unspecified atom stereocenters. The van der Waals surface area contributed by atoms with E-state index >= 15 is 0 Å². The first-order valence-electron chi connectivity index (χ1n) is 6.97. The molecule has 0 aliphatic rings. The number of fused-ring (bicyclic) bond motifs is 3. The van der Waals surface area contributed by atoms with Crippen molar-refractivity contribution in [3.8, 4) is 0 Å². The molecule has 0 fully saturated rings. The Morgan fingerprint density at radius 2 is 2.09 bits per heavy atom. The number of aromatic nitrogens is 2. The summed E-state index contributed by atoms with van der Waals surface area (Å²) in [4.78, 5) is 31.2. The molecular weight excluding hydrogens is 310 g/mol. The predicted octanol–water partition coefficient (Wildman–Crippen LogP) is 3.39. The van der Waals surface area contributed by atoms with Gasteiger partial charge in [-0.1, -0.05) is 6.07 Å². The summed E-state index contributed by atoms with van der Waals surface area (Å²) in [5.41, 5.74) is 1.62. The summed E-state index contributed by atoms with van der Waals surface area (Å²) in [7, 11) is 0. The first kappa shape index (κ1) is 13.7. The third-order valence-corrected chi connectivity index (χ3v) is 4.55. The molecule has 4 aromatic rings. The van der Waals surface area contributed by atoms with Gasteiger partial charge in [-0.25, -0.2) is 0 Å². The Balaban J connectivity index is 1.78. The smallest absolute Gasteiger partial charge is 0.257 e. The van der Waals surface area contributed by atoms with E-state index in [4.69, 9.17) is 0 Å². The summed E-state index contributed by atoms with van der Waals surface area (Å²) < 4.78 is 0.933. The van der Waals surface area contributed by atoms with E-state index in [0.717, 1.165) is 10.1 Å². The number of H-pyrrole nitrogens is 1. The topological polar surface area (TPSA) is 74.8 Å². The van der Waals surface area contributed by atoms with E-state index < -0.39 is 0 Å². The molecule has 2 N–H and O–H groups in total. The van der Waals surface area contributed by atoms with Crippen LogP contribution in [0.3, 0.4) is 0 Å². The van der Waals surface area contributed by atoms with Gasteiger partial charge in [0.15, 0.2) is 0 Å². The van der Waals surface area contributed by atoms with Crippen molar-refractivity contribution in [2.24, 2.45) is 0 Å². The van der Waals surface area contributed by atoms with Crippen molar-refractivity contribution in [2.45, 2.75) is 0 Å². The van der Waals surface area contributed by atoms with Crippen LogP contribution in [-0.4, -0.2) is 15.9 Å². The maximum Gasteiger partial charge on any atom is 0.257 e. The molecule has 1 amide bonds. The third-order valence-electron chi connectivity index (χ3n) is 3.60. The van der Waals surface area contributed by atoms with Gasteiger partial charge in [0.1, 0.15) is 0 Å². The molecule has 23 heavy (non-hydrogen) atoms. The number of amides is 1. The van der Waals surface area contributed by atoms with Gasteiger partial charge in [-0.15, -0.1) is 11.3 Å². The number of nitrogens with zero attached hydrogens (tertiary/aromatic N) is 1. The van der Waals surface area contributed by atoms with Gasteiger partial charge in [0, 0.05) is 21.8 Å². The zero-order valence-corrected chi connectivity index (χ0v) is 12.7. The number of hydrogen-bond donors (Lipinski definition) is 2. The van der Waals surface area contributed by atoms with Crippen molar-refractivity contribution in [3.63, 3.8) is 0 Å². The SMILES string of the molecule is O=C(Nc1cccnc1)c1ccc2c(c1)[nH]c(=O)c1ccsc12. The number of carbonyl (C=O) groups is 1. The molecule has 3 heterocycles. The molecule has 0 spiro atoms. The van der Waals surface area contributed by atoms with Crippen LogP contribution >= 0.6 is 11.3 Å². The van der Waals surface area contributed by atoms with E-state index in [9.17, 15) is 9.59 Å². The predicted molar refractivity (Wildman–Crippen MR) is 92.1 cm³/mol. The number of anilines is 1. The van der Waals surface area contributed by atoms with Gasteiger partial charge in [-0.05, 0) is 35.7 Å². The first-order chi connectivity index (χ1) is 11.2. The average Bonchev–Trinajstić information content (AvgIpc) is 3.06. The Morgan fingerprint density at radius 3 is 2.91 bits per heavy atom. The molecule has 4 rings (SSSR count). The Hall–Kier alpha value is -2.99. The molecular formula is C17H11N3O2S. The van der Waals surface area contributed by atoms with E-state index in [0.29, 0.717) is 22.2 Å². The Bertz CT molecular complexity index is 1080.